The normalized spacial score (nSPS) is 13.9. The van der Waals surface area contributed by atoms with E-state index in [1.807, 2.05) is 27.2 Å². The molecule has 0 aliphatic rings. The van der Waals surface area contributed by atoms with Crippen LogP contribution in [0.3, 0.4) is 0 Å². The first-order valence-corrected chi connectivity index (χ1v) is 38.2. The number of carbonyl (C=O) groups is 1. The molecular weight excluding hydrogens is 1060 g/mol. The topological polar surface area (TPSA) is 105 Å². The number of unbranched alkanes of at least 4 members (excludes halogenated alkanes) is 47. The van der Waals surface area contributed by atoms with Crippen molar-refractivity contribution in [3.63, 3.8) is 0 Å². The number of aliphatic hydroxyl groups excluding tert-OH is 1. The first kappa shape index (κ1) is 82.2. The van der Waals surface area contributed by atoms with E-state index in [9.17, 15) is 19.4 Å². The number of allylic oxidation sites excluding steroid dienone is 9. The summed E-state index contributed by atoms with van der Waals surface area (Å²) in [6.45, 7) is 4.84. The van der Waals surface area contributed by atoms with Crippen LogP contribution < -0.4 is 5.32 Å². The molecule has 9 heteroatoms. The lowest BCUT2D eigenvalue weighted by Gasteiger charge is -2.25. The van der Waals surface area contributed by atoms with Crippen molar-refractivity contribution in [3.8, 4) is 0 Å². The summed E-state index contributed by atoms with van der Waals surface area (Å²) >= 11 is 0. The Morgan fingerprint density at radius 1 is 0.405 bits per heavy atom. The second-order valence-corrected chi connectivity index (χ2v) is 27.8. The molecule has 0 saturated heterocycles. The fourth-order valence-corrected chi connectivity index (χ4v) is 11.7. The predicted molar refractivity (Wildman–Crippen MR) is 369 cm³/mol. The zero-order valence-electron chi connectivity index (χ0n) is 56.7. The Balaban J connectivity index is 4.05. The van der Waals surface area contributed by atoms with Crippen LogP contribution in [-0.2, 0) is 18.4 Å². The molecule has 0 aliphatic heterocycles. The largest absolute Gasteiger partial charge is 0.472 e. The summed E-state index contributed by atoms with van der Waals surface area (Å²) in [5.74, 6) is -0.186. The number of hydrogen-bond donors (Lipinski definition) is 3. The van der Waals surface area contributed by atoms with E-state index in [0.29, 0.717) is 17.4 Å². The summed E-state index contributed by atoms with van der Waals surface area (Å²) in [4.78, 5) is 23.4. The van der Waals surface area contributed by atoms with Gasteiger partial charge >= 0.3 is 7.82 Å². The second-order valence-electron chi connectivity index (χ2n) is 26.3. The third-order valence-electron chi connectivity index (χ3n) is 16.7. The van der Waals surface area contributed by atoms with E-state index in [1.165, 1.54) is 289 Å². The van der Waals surface area contributed by atoms with Gasteiger partial charge in [-0.15, -0.1) is 0 Å². The van der Waals surface area contributed by atoms with Crippen molar-refractivity contribution in [2.24, 2.45) is 0 Å². The maximum Gasteiger partial charge on any atom is 0.472 e. The van der Waals surface area contributed by atoms with Crippen molar-refractivity contribution >= 4 is 13.7 Å². The number of aliphatic hydroxyl groups is 1. The number of phosphoric acid groups is 1. The maximum atomic E-state index is 13.1. The zero-order chi connectivity index (χ0) is 61.2. The number of nitrogens with one attached hydrogen (secondary N) is 1. The molecular formula is C75H144N2O6P+. The van der Waals surface area contributed by atoms with Gasteiger partial charge in [-0.2, -0.15) is 0 Å². The monoisotopic (exact) mass is 1200 g/mol. The number of carbonyl (C=O) groups excluding carboxylic acids is 1. The van der Waals surface area contributed by atoms with Crippen molar-refractivity contribution in [3.05, 3.63) is 60.8 Å². The van der Waals surface area contributed by atoms with Gasteiger partial charge in [-0.1, -0.05) is 338 Å². The SMILES string of the molecule is CCCCCCCCCCCCCCC/C=C\C/C=C\CCCCCCCCCCCCCCCCCCCC(=O)NC(COP(=O)(O)OCC[N+](C)(C)C)C(O)/C=C/CC/C=C/CC/C=C/CCCCCCCCCCCCCCCCC. The Bertz CT molecular complexity index is 1550. The Hall–Kier alpha value is -1.80. The van der Waals surface area contributed by atoms with Crippen molar-refractivity contribution in [2.75, 3.05) is 40.9 Å². The van der Waals surface area contributed by atoms with Crippen LogP contribution in [0.2, 0.25) is 0 Å². The Morgan fingerprint density at radius 3 is 1.02 bits per heavy atom. The minimum Gasteiger partial charge on any atom is -0.387 e. The molecule has 8 nitrogen and oxygen atoms in total. The van der Waals surface area contributed by atoms with Crippen molar-refractivity contribution < 1.29 is 32.9 Å². The van der Waals surface area contributed by atoms with E-state index >= 15 is 0 Å². The van der Waals surface area contributed by atoms with Crippen LogP contribution >= 0.6 is 7.82 Å². The van der Waals surface area contributed by atoms with Crippen LogP contribution in [-0.4, -0.2) is 73.4 Å². The quantitative estimate of drug-likeness (QED) is 0.0243. The van der Waals surface area contributed by atoms with Crippen LogP contribution in [0.4, 0.5) is 0 Å². The van der Waals surface area contributed by atoms with E-state index in [0.717, 1.165) is 51.4 Å². The molecule has 0 bridgehead atoms. The van der Waals surface area contributed by atoms with Crippen LogP contribution in [0.15, 0.2) is 60.8 Å². The molecule has 1 amide bonds. The first-order chi connectivity index (χ1) is 41.0. The van der Waals surface area contributed by atoms with Gasteiger partial charge in [0, 0.05) is 6.42 Å². The molecule has 0 fully saturated rings. The number of hydrogen-bond acceptors (Lipinski definition) is 5. The summed E-state index contributed by atoms with van der Waals surface area (Å²) in [6.07, 6.45) is 91.1. The molecule has 0 spiro atoms. The first-order valence-electron chi connectivity index (χ1n) is 36.7. The molecule has 0 aromatic heterocycles. The molecule has 0 aromatic carbocycles. The Labute approximate surface area is 523 Å². The number of amides is 1. The zero-order valence-corrected chi connectivity index (χ0v) is 57.5. The van der Waals surface area contributed by atoms with Gasteiger partial charge in [0.25, 0.3) is 0 Å². The summed E-state index contributed by atoms with van der Waals surface area (Å²) < 4.78 is 23.8. The molecule has 0 saturated carbocycles. The number of rotatable bonds is 68. The summed E-state index contributed by atoms with van der Waals surface area (Å²) in [6, 6.07) is -0.873. The highest BCUT2D eigenvalue weighted by molar-refractivity contribution is 7.47. The van der Waals surface area contributed by atoms with Crippen LogP contribution in [0, 0.1) is 0 Å². The second kappa shape index (κ2) is 65.6. The van der Waals surface area contributed by atoms with Crippen LogP contribution in [0.5, 0.6) is 0 Å². The standard InChI is InChI=1S/C75H143N2O6P/c1-6-8-10-12-14-16-18-20-22-24-26-28-30-32-33-34-35-36-37-38-39-40-41-42-43-45-47-49-51-53-55-57-59-61-63-65-67-69-75(79)76-73(72-83-84(80,81)82-71-70-77(3,4)5)74(78)68-66-64-62-60-58-56-54-52-50-48-46-44-31-29-27-25-23-21-19-17-15-13-11-9-7-2/h33-34,36-37,50,52,58,60,66,68,73-74,78H,6-32,35,38-49,51,53-57,59,61-65,67,69-72H2,1-5H3,(H-,76,79,80,81)/p+1/b34-33-,37-36-,52-50+,60-58+,68-66+. The van der Waals surface area contributed by atoms with Crippen molar-refractivity contribution in [1.82, 2.24) is 5.32 Å². The van der Waals surface area contributed by atoms with Crippen molar-refractivity contribution in [2.45, 2.75) is 373 Å². The van der Waals surface area contributed by atoms with Gasteiger partial charge in [0.1, 0.15) is 13.2 Å². The number of likely N-dealkylation sites (N-methyl/N-ethyl adjacent to an activating group) is 1. The van der Waals surface area contributed by atoms with Gasteiger partial charge in [-0.3, -0.25) is 13.8 Å². The Morgan fingerprint density at radius 2 is 0.690 bits per heavy atom. The third-order valence-corrected chi connectivity index (χ3v) is 17.7. The minimum absolute atomic E-state index is 0.0532. The molecule has 0 radical (unpaired) electrons. The average Bonchev–Trinajstić information content (AvgIpc) is 3.56. The molecule has 0 heterocycles. The fourth-order valence-electron chi connectivity index (χ4n) is 11.0. The molecule has 0 rings (SSSR count). The summed E-state index contributed by atoms with van der Waals surface area (Å²) in [5, 5.41) is 14.0. The highest BCUT2D eigenvalue weighted by atomic mass is 31.2. The van der Waals surface area contributed by atoms with Gasteiger partial charge < -0.3 is 19.8 Å². The Kier molecular flexibility index (Phi) is 64.2. The van der Waals surface area contributed by atoms with E-state index in [2.05, 4.69) is 67.8 Å². The fraction of sp³-hybridized carbons (Fsp3) is 0.853. The highest BCUT2D eigenvalue weighted by Gasteiger charge is 2.28. The van der Waals surface area contributed by atoms with Gasteiger partial charge in [0.2, 0.25) is 5.91 Å². The van der Waals surface area contributed by atoms with E-state index in [4.69, 9.17) is 9.05 Å². The molecule has 84 heavy (non-hydrogen) atoms. The van der Waals surface area contributed by atoms with Gasteiger partial charge in [-0.05, 0) is 77.0 Å². The van der Waals surface area contributed by atoms with Crippen LogP contribution in [0.25, 0.3) is 0 Å². The summed E-state index contributed by atoms with van der Waals surface area (Å²) in [5.41, 5.74) is 0. The maximum absolute atomic E-state index is 13.1. The average molecular weight is 1200 g/mol. The van der Waals surface area contributed by atoms with E-state index in [-0.39, 0.29) is 19.1 Å². The van der Waals surface area contributed by atoms with Crippen LogP contribution in [0.1, 0.15) is 361 Å². The van der Waals surface area contributed by atoms with E-state index < -0.39 is 20.0 Å². The molecule has 3 atom stereocenters. The lowest BCUT2D eigenvalue weighted by Crippen LogP contribution is -2.45. The summed E-state index contributed by atoms with van der Waals surface area (Å²) in [7, 11) is 1.56. The third kappa shape index (κ3) is 67.7. The number of phosphoric ester groups is 1. The molecule has 3 unspecified atom stereocenters. The smallest absolute Gasteiger partial charge is 0.387 e. The van der Waals surface area contributed by atoms with E-state index in [1.54, 1.807) is 6.08 Å². The van der Waals surface area contributed by atoms with Gasteiger partial charge in [0.15, 0.2) is 0 Å². The molecule has 0 aliphatic carbocycles. The lowest BCUT2D eigenvalue weighted by atomic mass is 10.0. The molecule has 494 valence electrons. The predicted octanol–water partition coefficient (Wildman–Crippen LogP) is 23.6. The lowest BCUT2D eigenvalue weighted by molar-refractivity contribution is -0.870. The molecule has 3 N–H and O–H groups in total. The molecule has 0 aromatic rings. The minimum atomic E-state index is -4.37. The van der Waals surface area contributed by atoms with Gasteiger partial charge in [0.05, 0.1) is 39.9 Å². The number of nitrogens with zero attached hydrogens (tertiary/aromatic N) is 1. The number of quaternary nitrogens is 1. The highest BCUT2D eigenvalue weighted by Crippen LogP contribution is 2.43. The van der Waals surface area contributed by atoms with Gasteiger partial charge in [-0.25, -0.2) is 4.57 Å². The van der Waals surface area contributed by atoms with Crippen molar-refractivity contribution in [1.29, 1.82) is 0 Å².